The Labute approximate surface area is 166 Å². The monoisotopic (exact) mass is 392 g/mol. The highest BCUT2D eigenvalue weighted by Gasteiger charge is 2.29. The summed E-state index contributed by atoms with van der Waals surface area (Å²) in [6.07, 6.45) is 1.26. The van der Waals surface area contributed by atoms with Gasteiger partial charge in [0.25, 0.3) is 5.91 Å². The minimum atomic E-state index is -0.557. The van der Waals surface area contributed by atoms with Crippen molar-refractivity contribution in [3.8, 4) is 5.75 Å². The highest BCUT2D eigenvalue weighted by molar-refractivity contribution is 6.04. The zero-order chi connectivity index (χ0) is 20.5. The molecule has 1 aliphatic heterocycles. The van der Waals surface area contributed by atoms with Gasteiger partial charge in [0.1, 0.15) is 5.75 Å². The summed E-state index contributed by atoms with van der Waals surface area (Å²) < 4.78 is 5.56. The molecule has 0 aliphatic carbocycles. The molecule has 29 heavy (non-hydrogen) atoms. The number of nitrogens with one attached hydrogen (secondary N) is 2. The van der Waals surface area contributed by atoms with E-state index >= 15 is 0 Å². The summed E-state index contributed by atoms with van der Waals surface area (Å²) >= 11 is 0. The molecule has 8 heteroatoms. The van der Waals surface area contributed by atoms with Crippen molar-refractivity contribution in [3.05, 3.63) is 48.2 Å². The number of nitrogens with zero attached hydrogens (tertiary/aromatic N) is 2. The summed E-state index contributed by atoms with van der Waals surface area (Å²) in [4.78, 5) is 38.3. The van der Waals surface area contributed by atoms with E-state index in [0.29, 0.717) is 22.7 Å². The van der Waals surface area contributed by atoms with Gasteiger partial charge in [0.2, 0.25) is 5.91 Å². The molecule has 3 aromatic rings. The minimum Gasteiger partial charge on any atom is -0.479 e. The lowest BCUT2D eigenvalue weighted by atomic mass is 10.0. The first kappa shape index (κ1) is 18.7. The Kier molecular flexibility index (Phi) is 4.75. The number of carbonyl (C=O) groups excluding carboxylic acids is 3. The molecular formula is C21H20N4O4. The molecule has 0 bridgehead atoms. The largest absolute Gasteiger partial charge is 0.479 e. The molecule has 1 aromatic heterocycles. The van der Waals surface area contributed by atoms with Crippen LogP contribution in [0.3, 0.4) is 0 Å². The molecule has 0 saturated carbocycles. The van der Waals surface area contributed by atoms with Gasteiger partial charge in [-0.05, 0) is 43.3 Å². The van der Waals surface area contributed by atoms with E-state index in [1.807, 2.05) is 6.07 Å². The third kappa shape index (κ3) is 3.69. The van der Waals surface area contributed by atoms with Gasteiger partial charge in [-0.1, -0.05) is 0 Å². The van der Waals surface area contributed by atoms with Crippen LogP contribution in [0.2, 0.25) is 0 Å². The number of rotatable bonds is 5. The molecule has 0 radical (unpaired) electrons. The highest BCUT2D eigenvalue weighted by atomic mass is 16.5. The molecule has 1 unspecified atom stereocenters. The Hall–Kier alpha value is -3.68. The predicted octanol–water partition coefficient (Wildman–Crippen LogP) is 2.91. The molecular weight excluding hydrogens is 372 g/mol. The Morgan fingerprint density at radius 2 is 2.03 bits per heavy atom. The van der Waals surface area contributed by atoms with Crippen LogP contribution < -0.4 is 15.0 Å². The number of hydrogen-bond acceptors (Lipinski definition) is 5. The topological polar surface area (TPSA) is 104 Å². The zero-order valence-corrected chi connectivity index (χ0v) is 16.1. The molecule has 2 heterocycles. The summed E-state index contributed by atoms with van der Waals surface area (Å²) in [5, 5.41) is 10.5. The van der Waals surface area contributed by atoms with Crippen LogP contribution in [0.5, 0.6) is 5.75 Å². The number of likely N-dealkylation sites (N-methyl/N-ethyl adjacent to an activating group) is 1. The van der Waals surface area contributed by atoms with Crippen molar-refractivity contribution in [1.29, 1.82) is 0 Å². The lowest BCUT2D eigenvalue weighted by Gasteiger charge is -2.30. The van der Waals surface area contributed by atoms with Crippen molar-refractivity contribution < 1.29 is 19.1 Å². The van der Waals surface area contributed by atoms with Crippen molar-refractivity contribution in [2.75, 3.05) is 17.3 Å². The first-order chi connectivity index (χ1) is 13.9. The van der Waals surface area contributed by atoms with E-state index in [4.69, 9.17) is 4.74 Å². The number of benzene rings is 2. The van der Waals surface area contributed by atoms with Gasteiger partial charge in [0.15, 0.2) is 11.9 Å². The second kappa shape index (κ2) is 7.38. The quantitative estimate of drug-likeness (QED) is 0.650. The number of Topliss-reactive ketones (excluding diaryl/α,β-unsaturated/α-hetero) is 1. The number of ketones is 1. The lowest BCUT2D eigenvalue weighted by Crippen LogP contribution is -2.42. The smallest absolute Gasteiger partial charge is 0.267 e. The van der Waals surface area contributed by atoms with Gasteiger partial charge in [0.05, 0.1) is 17.4 Å². The van der Waals surface area contributed by atoms with E-state index in [1.165, 1.54) is 4.90 Å². The van der Waals surface area contributed by atoms with Crippen molar-refractivity contribution in [2.45, 2.75) is 25.9 Å². The van der Waals surface area contributed by atoms with Crippen LogP contribution in [0.4, 0.5) is 11.4 Å². The number of fused-ring (bicyclic) bond motifs is 2. The van der Waals surface area contributed by atoms with Gasteiger partial charge >= 0.3 is 0 Å². The van der Waals surface area contributed by atoms with E-state index in [0.717, 1.165) is 10.9 Å². The molecule has 2 amide bonds. The van der Waals surface area contributed by atoms with E-state index in [2.05, 4.69) is 15.5 Å². The number of H-pyrrole nitrogens is 1. The number of amides is 2. The lowest BCUT2D eigenvalue weighted by molar-refractivity contribution is -0.125. The van der Waals surface area contributed by atoms with Crippen LogP contribution in [0.25, 0.3) is 10.9 Å². The molecule has 8 nitrogen and oxygen atoms in total. The fourth-order valence-electron chi connectivity index (χ4n) is 3.29. The summed E-state index contributed by atoms with van der Waals surface area (Å²) in [6.45, 7) is 1.68. The van der Waals surface area contributed by atoms with E-state index in [9.17, 15) is 14.4 Å². The van der Waals surface area contributed by atoms with Crippen LogP contribution in [-0.2, 0) is 9.59 Å². The molecule has 0 fully saturated rings. The zero-order valence-electron chi connectivity index (χ0n) is 16.1. The summed E-state index contributed by atoms with van der Waals surface area (Å²) in [7, 11) is 1.65. The molecule has 1 atom stereocenters. The van der Waals surface area contributed by atoms with Crippen LogP contribution in [-0.4, -0.2) is 40.9 Å². The average molecular weight is 392 g/mol. The third-order valence-electron chi connectivity index (χ3n) is 4.93. The standard InChI is InChI=1S/C21H20N4O4/c1-12-21(28)25(2)17-9-13(4-7-19(17)29-12)18(26)6-8-20(27)23-15-5-3-14-11-22-24-16(14)10-15/h3-5,7,9-12H,6,8H2,1-2H3,(H,22,24)(H,23,27). The van der Waals surface area contributed by atoms with Crippen LogP contribution >= 0.6 is 0 Å². The number of ether oxygens (including phenoxy) is 1. The number of anilines is 2. The second-order valence-electron chi connectivity index (χ2n) is 6.98. The number of carbonyl (C=O) groups is 3. The SMILES string of the molecule is CC1Oc2ccc(C(=O)CCC(=O)Nc3ccc4cn[nH]c4c3)cc2N(C)C1=O. The van der Waals surface area contributed by atoms with Crippen molar-refractivity contribution in [1.82, 2.24) is 10.2 Å². The highest BCUT2D eigenvalue weighted by Crippen LogP contribution is 2.34. The number of aromatic amines is 1. The first-order valence-electron chi connectivity index (χ1n) is 9.27. The second-order valence-corrected chi connectivity index (χ2v) is 6.98. The van der Waals surface area contributed by atoms with Crippen molar-refractivity contribution in [3.63, 3.8) is 0 Å². The third-order valence-corrected chi connectivity index (χ3v) is 4.93. The Morgan fingerprint density at radius 3 is 2.86 bits per heavy atom. The summed E-state index contributed by atoms with van der Waals surface area (Å²) in [6, 6.07) is 10.4. The maximum absolute atomic E-state index is 12.5. The molecule has 0 saturated heterocycles. The fraction of sp³-hybridized carbons (Fsp3) is 0.238. The Balaban J connectivity index is 1.39. The van der Waals surface area contributed by atoms with E-state index in [1.54, 1.807) is 50.5 Å². The average Bonchev–Trinajstić information content (AvgIpc) is 3.18. The molecule has 0 spiro atoms. The number of aromatic nitrogens is 2. The predicted molar refractivity (Wildman–Crippen MR) is 108 cm³/mol. The summed E-state index contributed by atoms with van der Waals surface area (Å²) in [5.41, 5.74) is 2.45. The van der Waals surface area contributed by atoms with E-state index < -0.39 is 6.10 Å². The minimum absolute atomic E-state index is 0.0548. The molecule has 148 valence electrons. The van der Waals surface area contributed by atoms with Crippen LogP contribution in [0.1, 0.15) is 30.1 Å². The fourth-order valence-corrected chi connectivity index (χ4v) is 3.29. The maximum atomic E-state index is 12.5. The van der Waals surface area contributed by atoms with Crippen molar-refractivity contribution in [2.24, 2.45) is 0 Å². The molecule has 2 aromatic carbocycles. The Bertz CT molecular complexity index is 1120. The van der Waals surface area contributed by atoms with Gasteiger partial charge in [0, 0.05) is 36.5 Å². The van der Waals surface area contributed by atoms with Gasteiger partial charge in [-0.25, -0.2) is 0 Å². The van der Waals surface area contributed by atoms with Gasteiger partial charge in [-0.2, -0.15) is 5.10 Å². The van der Waals surface area contributed by atoms with Crippen LogP contribution in [0.15, 0.2) is 42.6 Å². The van der Waals surface area contributed by atoms with Gasteiger partial charge in [-0.3, -0.25) is 19.5 Å². The maximum Gasteiger partial charge on any atom is 0.267 e. The van der Waals surface area contributed by atoms with Gasteiger partial charge < -0.3 is 15.0 Å². The molecule has 4 rings (SSSR count). The Morgan fingerprint density at radius 1 is 1.21 bits per heavy atom. The first-order valence-corrected chi connectivity index (χ1v) is 9.27. The van der Waals surface area contributed by atoms with Crippen LogP contribution in [0, 0.1) is 0 Å². The van der Waals surface area contributed by atoms with Gasteiger partial charge in [-0.15, -0.1) is 0 Å². The normalized spacial score (nSPS) is 15.7. The van der Waals surface area contributed by atoms with E-state index in [-0.39, 0.29) is 30.4 Å². The summed E-state index contributed by atoms with van der Waals surface area (Å²) in [5.74, 6) is -0.0372. The molecule has 2 N–H and O–H groups in total. The van der Waals surface area contributed by atoms with Crippen molar-refractivity contribution >= 4 is 39.9 Å². The molecule has 1 aliphatic rings. The number of hydrogen-bond donors (Lipinski definition) is 2.